The molecule has 14 heavy (non-hydrogen) atoms. The van der Waals surface area contributed by atoms with Gasteiger partial charge in [0, 0.05) is 18.3 Å². The zero-order valence-corrected chi connectivity index (χ0v) is 9.66. The Kier molecular flexibility index (Phi) is 2.84. The second kappa shape index (κ2) is 3.60. The molecule has 0 saturated carbocycles. The van der Waals surface area contributed by atoms with Crippen LogP contribution in [0.15, 0.2) is 23.1 Å². The van der Waals surface area contributed by atoms with Crippen LogP contribution in [0.1, 0.15) is 46.2 Å². The smallest absolute Gasteiger partial charge is 0.250 e. The SMILES string of the molecule is CC(C)n1cc(C(C)(C)C)ccc1=O. The summed E-state index contributed by atoms with van der Waals surface area (Å²) < 4.78 is 1.78. The van der Waals surface area contributed by atoms with E-state index < -0.39 is 0 Å². The molecule has 0 atom stereocenters. The summed E-state index contributed by atoms with van der Waals surface area (Å²) in [7, 11) is 0. The third kappa shape index (κ3) is 2.25. The van der Waals surface area contributed by atoms with Gasteiger partial charge >= 0.3 is 0 Å². The van der Waals surface area contributed by atoms with Crippen LogP contribution in [0.25, 0.3) is 0 Å². The number of hydrogen-bond acceptors (Lipinski definition) is 1. The van der Waals surface area contributed by atoms with Crippen molar-refractivity contribution in [1.29, 1.82) is 0 Å². The molecule has 1 rings (SSSR count). The Labute approximate surface area is 85.6 Å². The fourth-order valence-corrected chi connectivity index (χ4v) is 1.35. The van der Waals surface area contributed by atoms with E-state index in [1.54, 1.807) is 10.6 Å². The van der Waals surface area contributed by atoms with E-state index >= 15 is 0 Å². The molecule has 0 fully saturated rings. The van der Waals surface area contributed by atoms with Gasteiger partial charge in [-0.3, -0.25) is 4.79 Å². The lowest BCUT2D eigenvalue weighted by Crippen LogP contribution is -2.23. The number of pyridine rings is 1. The van der Waals surface area contributed by atoms with Gasteiger partial charge in [-0.1, -0.05) is 26.8 Å². The summed E-state index contributed by atoms with van der Waals surface area (Å²) in [5.74, 6) is 0. The van der Waals surface area contributed by atoms with Gasteiger partial charge in [0.25, 0.3) is 5.56 Å². The van der Waals surface area contributed by atoms with Gasteiger partial charge in [0.05, 0.1) is 0 Å². The molecule has 0 aromatic carbocycles. The minimum absolute atomic E-state index is 0.0769. The number of rotatable bonds is 1. The lowest BCUT2D eigenvalue weighted by molar-refractivity contribution is 0.541. The quantitative estimate of drug-likeness (QED) is 0.672. The molecule has 1 heterocycles. The van der Waals surface area contributed by atoms with Crippen LogP contribution >= 0.6 is 0 Å². The Bertz CT molecular complexity index is 369. The highest BCUT2D eigenvalue weighted by Crippen LogP contribution is 2.21. The molecule has 1 aromatic rings. The minimum atomic E-state index is 0.0769. The van der Waals surface area contributed by atoms with Crippen LogP contribution in [0.2, 0.25) is 0 Å². The molecule has 0 unspecified atom stereocenters. The molecule has 0 spiro atoms. The molecular weight excluding hydrogens is 174 g/mol. The van der Waals surface area contributed by atoms with E-state index in [-0.39, 0.29) is 17.0 Å². The van der Waals surface area contributed by atoms with Gasteiger partial charge in [-0.25, -0.2) is 0 Å². The van der Waals surface area contributed by atoms with Crippen LogP contribution in [-0.4, -0.2) is 4.57 Å². The minimum Gasteiger partial charge on any atom is -0.313 e. The summed E-state index contributed by atoms with van der Waals surface area (Å²) in [4.78, 5) is 11.5. The van der Waals surface area contributed by atoms with Crippen molar-refractivity contribution < 1.29 is 0 Å². The molecule has 1 aromatic heterocycles. The standard InChI is InChI=1S/C12H19NO/c1-9(2)13-8-10(12(3,4)5)6-7-11(13)14/h6-9H,1-5H3. The third-order valence-electron chi connectivity index (χ3n) is 2.36. The molecule has 2 heteroatoms. The zero-order chi connectivity index (χ0) is 10.9. The lowest BCUT2D eigenvalue weighted by Gasteiger charge is -2.21. The molecule has 0 bridgehead atoms. The molecule has 0 N–H and O–H groups in total. The van der Waals surface area contributed by atoms with E-state index in [0.717, 1.165) is 0 Å². The van der Waals surface area contributed by atoms with Gasteiger partial charge in [-0.15, -0.1) is 0 Å². The van der Waals surface area contributed by atoms with Gasteiger partial charge in [0.2, 0.25) is 0 Å². The van der Waals surface area contributed by atoms with Crippen molar-refractivity contribution in [3.05, 3.63) is 34.2 Å². The molecule has 0 amide bonds. The largest absolute Gasteiger partial charge is 0.313 e. The molecule has 0 aliphatic carbocycles. The first kappa shape index (κ1) is 11.0. The number of hydrogen-bond donors (Lipinski definition) is 0. The topological polar surface area (TPSA) is 22.0 Å². The summed E-state index contributed by atoms with van der Waals surface area (Å²) in [5, 5.41) is 0. The zero-order valence-electron chi connectivity index (χ0n) is 9.66. The van der Waals surface area contributed by atoms with Crippen LogP contribution in [0.5, 0.6) is 0 Å². The number of nitrogens with zero attached hydrogens (tertiary/aromatic N) is 1. The Morgan fingerprint density at radius 3 is 2.21 bits per heavy atom. The molecule has 2 nitrogen and oxygen atoms in total. The van der Waals surface area contributed by atoms with Crippen molar-refractivity contribution in [2.75, 3.05) is 0 Å². The van der Waals surface area contributed by atoms with Gasteiger partial charge in [0.1, 0.15) is 0 Å². The first-order valence-electron chi connectivity index (χ1n) is 5.05. The Balaban J connectivity index is 3.27. The Morgan fingerprint density at radius 2 is 1.79 bits per heavy atom. The number of aromatic nitrogens is 1. The van der Waals surface area contributed by atoms with E-state index in [2.05, 4.69) is 20.8 Å². The predicted octanol–water partition coefficient (Wildman–Crippen LogP) is 2.73. The fourth-order valence-electron chi connectivity index (χ4n) is 1.35. The van der Waals surface area contributed by atoms with Crippen LogP contribution < -0.4 is 5.56 Å². The second-order valence-corrected chi connectivity index (χ2v) is 5.01. The van der Waals surface area contributed by atoms with E-state index in [4.69, 9.17) is 0 Å². The average molecular weight is 193 g/mol. The van der Waals surface area contributed by atoms with Crippen molar-refractivity contribution >= 4 is 0 Å². The van der Waals surface area contributed by atoms with Crippen LogP contribution in [-0.2, 0) is 5.41 Å². The molecule has 0 radical (unpaired) electrons. The predicted molar refractivity (Wildman–Crippen MR) is 59.8 cm³/mol. The highest BCUT2D eigenvalue weighted by molar-refractivity contribution is 5.19. The van der Waals surface area contributed by atoms with Gasteiger partial charge in [0.15, 0.2) is 0 Å². The van der Waals surface area contributed by atoms with E-state index in [1.807, 2.05) is 26.1 Å². The van der Waals surface area contributed by atoms with E-state index in [0.29, 0.717) is 0 Å². The summed E-state index contributed by atoms with van der Waals surface area (Å²) >= 11 is 0. The van der Waals surface area contributed by atoms with Crippen molar-refractivity contribution in [3.63, 3.8) is 0 Å². The lowest BCUT2D eigenvalue weighted by atomic mass is 9.88. The average Bonchev–Trinajstić information content (AvgIpc) is 2.02. The normalized spacial score (nSPS) is 12.1. The monoisotopic (exact) mass is 193 g/mol. The second-order valence-electron chi connectivity index (χ2n) is 5.01. The van der Waals surface area contributed by atoms with Crippen LogP contribution in [0.4, 0.5) is 0 Å². The summed E-state index contributed by atoms with van der Waals surface area (Å²) in [5.41, 5.74) is 1.38. The highest BCUT2D eigenvalue weighted by atomic mass is 16.1. The van der Waals surface area contributed by atoms with Crippen LogP contribution in [0.3, 0.4) is 0 Å². The van der Waals surface area contributed by atoms with E-state index in [9.17, 15) is 4.79 Å². The van der Waals surface area contributed by atoms with Crippen molar-refractivity contribution in [3.8, 4) is 0 Å². The van der Waals surface area contributed by atoms with Crippen molar-refractivity contribution in [2.45, 2.75) is 46.1 Å². The molecule has 78 valence electrons. The van der Waals surface area contributed by atoms with Gasteiger partial charge < -0.3 is 4.57 Å². The summed E-state index contributed by atoms with van der Waals surface area (Å²) in [6.45, 7) is 10.5. The first-order valence-corrected chi connectivity index (χ1v) is 5.05. The molecular formula is C12H19NO. The Hall–Kier alpha value is -1.05. The van der Waals surface area contributed by atoms with E-state index in [1.165, 1.54) is 5.56 Å². The summed E-state index contributed by atoms with van der Waals surface area (Å²) in [6, 6.07) is 3.80. The van der Waals surface area contributed by atoms with Gasteiger partial charge in [-0.2, -0.15) is 0 Å². The first-order chi connectivity index (χ1) is 6.32. The Morgan fingerprint density at radius 1 is 1.21 bits per heavy atom. The van der Waals surface area contributed by atoms with Crippen molar-refractivity contribution in [1.82, 2.24) is 4.57 Å². The van der Waals surface area contributed by atoms with Gasteiger partial charge in [-0.05, 0) is 24.8 Å². The molecule has 0 aliphatic rings. The van der Waals surface area contributed by atoms with Crippen molar-refractivity contribution in [2.24, 2.45) is 0 Å². The van der Waals surface area contributed by atoms with Crippen LogP contribution in [0, 0.1) is 0 Å². The fraction of sp³-hybridized carbons (Fsp3) is 0.583. The molecule has 0 aliphatic heterocycles. The maximum absolute atomic E-state index is 11.5. The molecule has 0 saturated heterocycles. The maximum Gasteiger partial charge on any atom is 0.250 e. The summed E-state index contributed by atoms with van der Waals surface area (Å²) in [6.07, 6.45) is 1.97. The highest BCUT2D eigenvalue weighted by Gasteiger charge is 2.14. The maximum atomic E-state index is 11.5. The third-order valence-corrected chi connectivity index (χ3v) is 2.36.